The van der Waals surface area contributed by atoms with E-state index in [9.17, 15) is 19.2 Å². The Morgan fingerprint density at radius 1 is 1.00 bits per heavy atom. The number of benzene rings is 1. The molecule has 2 saturated carbocycles. The van der Waals surface area contributed by atoms with Crippen molar-refractivity contribution in [2.45, 2.75) is 13.3 Å². The van der Waals surface area contributed by atoms with Gasteiger partial charge in [0.1, 0.15) is 6.54 Å². The van der Waals surface area contributed by atoms with E-state index in [0.717, 1.165) is 11.3 Å². The zero-order valence-corrected chi connectivity index (χ0v) is 14.9. The van der Waals surface area contributed by atoms with Crippen molar-refractivity contribution in [1.29, 1.82) is 0 Å². The molecule has 3 fully saturated rings. The minimum Gasteiger partial charge on any atom is -0.325 e. The molecule has 1 heterocycles. The van der Waals surface area contributed by atoms with Gasteiger partial charge in [-0.3, -0.25) is 24.1 Å². The highest BCUT2D eigenvalue weighted by Crippen LogP contribution is 2.65. The van der Waals surface area contributed by atoms with Crippen LogP contribution in [0.1, 0.15) is 23.7 Å². The summed E-state index contributed by atoms with van der Waals surface area (Å²) >= 11 is 0. The smallest absolute Gasteiger partial charge is 0.244 e. The molecule has 138 valence electrons. The fraction of sp³-hybridized carbons (Fsp3) is 0.429. The van der Waals surface area contributed by atoms with E-state index >= 15 is 0 Å². The number of nitrogens with zero attached hydrogens (tertiary/aromatic N) is 1. The molecule has 6 unspecified atom stereocenters. The van der Waals surface area contributed by atoms with Crippen LogP contribution in [0, 0.1) is 35.5 Å². The van der Waals surface area contributed by atoms with Crippen molar-refractivity contribution in [1.82, 2.24) is 4.90 Å². The number of nitrogens with one attached hydrogen (secondary N) is 1. The quantitative estimate of drug-likeness (QED) is 0.502. The molecule has 6 rings (SSSR count). The van der Waals surface area contributed by atoms with Gasteiger partial charge in [0.25, 0.3) is 0 Å². The van der Waals surface area contributed by atoms with E-state index in [-0.39, 0.29) is 47.8 Å². The van der Waals surface area contributed by atoms with Gasteiger partial charge in [-0.2, -0.15) is 0 Å². The Morgan fingerprint density at radius 2 is 1.56 bits per heavy atom. The van der Waals surface area contributed by atoms with Gasteiger partial charge in [0.2, 0.25) is 17.7 Å². The zero-order chi connectivity index (χ0) is 18.9. The van der Waals surface area contributed by atoms with Crippen LogP contribution < -0.4 is 5.32 Å². The molecule has 6 atom stereocenters. The number of rotatable bonds is 4. The molecule has 0 aromatic heterocycles. The molecular formula is C21H20N2O4. The third kappa shape index (κ3) is 2.39. The van der Waals surface area contributed by atoms with Gasteiger partial charge >= 0.3 is 0 Å². The van der Waals surface area contributed by atoms with Gasteiger partial charge in [-0.1, -0.05) is 12.2 Å². The number of hydrogen-bond donors (Lipinski definition) is 1. The molecule has 1 N–H and O–H groups in total. The van der Waals surface area contributed by atoms with Crippen molar-refractivity contribution in [3.05, 3.63) is 42.0 Å². The maximum Gasteiger partial charge on any atom is 0.244 e. The Kier molecular flexibility index (Phi) is 3.41. The van der Waals surface area contributed by atoms with Gasteiger partial charge < -0.3 is 5.32 Å². The molecule has 0 radical (unpaired) electrons. The lowest BCUT2D eigenvalue weighted by molar-refractivity contribution is -0.142. The Bertz CT molecular complexity index is 867. The summed E-state index contributed by atoms with van der Waals surface area (Å²) in [6.45, 7) is 1.22. The largest absolute Gasteiger partial charge is 0.325 e. The second-order valence-corrected chi connectivity index (χ2v) is 8.10. The lowest BCUT2D eigenvalue weighted by atomic mass is 9.63. The number of hydrogen-bond acceptors (Lipinski definition) is 4. The number of imide groups is 1. The minimum atomic E-state index is -0.406. The van der Waals surface area contributed by atoms with Gasteiger partial charge in [0.15, 0.2) is 5.78 Å². The van der Waals surface area contributed by atoms with Crippen LogP contribution in [-0.2, 0) is 14.4 Å². The first-order valence-electron chi connectivity index (χ1n) is 9.40. The number of carbonyl (C=O) groups is 4. The van der Waals surface area contributed by atoms with Gasteiger partial charge in [-0.25, -0.2) is 0 Å². The maximum absolute atomic E-state index is 12.9. The predicted octanol–water partition coefficient (Wildman–Crippen LogP) is 1.88. The molecule has 0 spiro atoms. The van der Waals surface area contributed by atoms with Crippen molar-refractivity contribution < 1.29 is 19.2 Å². The van der Waals surface area contributed by atoms with Crippen LogP contribution in [-0.4, -0.2) is 34.9 Å². The normalized spacial score (nSPS) is 35.1. The van der Waals surface area contributed by atoms with E-state index in [1.54, 1.807) is 24.3 Å². The standard InChI is InChI=1S/C21H20N2O4/c1-10(24)11-2-4-12(5-3-11)22-17(25)9-23-20(26)18-13-6-7-14(16-8-15(13)16)19(18)21(23)27/h2-7,13-16,18-19H,8-9H2,1H3,(H,22,25). The van der Waals surface area contributed by atoms with Crippen LogP contribution in [0.15, 0.2) is 36.4 Å². The molecular weight excluding hydrogens is 344 g/mol. The van der Waals surface area contributed by atoms with Crippen LogP contribution in [0.4, 0.5) is 5.69 Å². The summed E-state index contributed by atoms with van der Waals surface area (Å²) in [6, 6.07) is 6.54. The molecule has 1 aliphatic heterocycles. The molecule has 1 saturated heterocycles. The first kappa shape index (κ1) is 16.4. The summed E-state index contributed by atoms with van der Waals surface area (Å²) in [7, 11) is 0. The summed E-state index contributed by atoms with van der Waals surface area (Å²) in [6.07, 6.45) is 5.35. The van der Waals surface area contributed by atoms with E-state index in [1.165, 1.54) is 6.92 Å². The summed E-state index contributed by atoms with van der Waals surface area (Å²) in [5.74, 6) is 0.00757. The Morgan fingerprint density at radius 3 is 2.07 bits per heavy atom. The lowest BCUT2D eigenvalue weighted by Gasteiger charge is -2.37. The molecule has 2 bridgehead atoms. The summed E-state index contributed by atoms with van der Waals surface area (Å²) < 4.78 is 0. The summed E-state index contributed by atoms with van der Waals surface area (Å²) in [5, 5.41) is 2.70. The second-order valence-electron chi connectivity index (χ2n) is 8.10. The first-order valence-corrected chi connectivity index (χ1v) is 9.40. The first-order chi connectivity index (χ1) is 13.0. The van der Waals surface area contributed by atoms with Gasteiger partial charge in [-0.15, -0.1) is 0 Å². The third-order valence-electron chi connectivity index (χ3n) is 6.63. The Labute approximate surface area is 156 Å². The minimum absolute atomic E-state index is 0.0509. The SMILES string of the molecule is CC(=O)c1ccc(NC(=O)CN2C(=O)C3C4C=CC(C5CC45)C3C2=O)cc1. The highest BCUT2D eigenvalue weighted by Gasteiger charge is 2.67. The number of carbonyl (C=O) groups excluding carboxylic acids is 4. The van der Waals surface area contributed by atoms with Gasteiger partial charge in [-0.05, 0) is 61.3 Å². The number of Topliss-reactive ketones (excluding diaryl/α,β-unsaturated/α-hetero) is 1. The lowest BCUT2D eigenvalue weighted by Crippen LogP contribution is -2.40. The maximum atomic E-state index is 12.9. The highest BCUT2D eigenvalue weighted by molar-refractivity contribution is 6.09. The molecule has 3 amide bonds. The molecule has 1 aromatic carbocycles. The van der Waals surface area contributed by atoms with Gasteiger partial charge in [0, 0.05) is 11.3 Å². The number of amides is 3. The van der Waals surface area contributed by atoms with Crippen LogP contribution in [0.2, 0.25) is 0 Å². The number of likely N-dealkylation sites (tertiary alicyclic amines) is 1. The van der Waals surface area contributed by atoms with Crippen LogP contribution in [0.3, 0.4) is 0 Å². The van der Waals surface area contributed by atoms with E-state index < -0.39 is 5.91 Å². The molecule has 1 aromatic rings. The van der Waals surface area contributed by atoms with E-state index in [2.05, 4.69) is 17.5 Å². The fourth-order valence-electron chi connectivity index (χ4n) is 5.31. The number of allylic oxidation sites excluding steroid dienone is 2. The monoisotopic (exact) mass is 364 g/mol. The van der Waals surface area contributed by atoms with Crippen LogP contribution in [0.5, 0.6) is 0 Å². The average Bonchev–Trinajstić information content (AvgIpc) is 3.43. The second kappa shape index (κ2) is 5.62. The highest BCUT2D eigenvalue weighted by atomic mass is 16.2. The molecule has 6 nitrogen and oxygen atoms in total. The van der Waals surface area contributed by atoms with Gasteiger partial charge in [0.05, 0.1) is 11.8 Å². The van der Waals surface area contributed by atoms with Crippen LogP contribution in [0.25, 0.3) is 0 Å². The molecule has 4 aliphatic carbocycles. The zero-order valence-electron chi connectivity index (χ0n) is 14.9. The Hall–Kier alpha value is -2.76. The molecule has 5 aliphatic rings. The Balaban J connectivity index is 1.29. The van der Waals surface area contributed by atoms with Crippen molar-refractivity contribution in [3.63, 3.8) is 0 Å². The van der Waals surface area contributed by atoms with Crippen molar-refractivity contribution in [2.24, 2.45) is 35.5 Å². The topological polar surface area (TPSA) is 83.6 Å². The number of ketones is 1. The third-order valence-corrected chi connectivity index (χ3v) is 6.63. The van der Waals surface area contributed by atoms with Crippen LogP contribution >= 0.6 is 0 Å². The van der Waals surface area contributed by atoms with Crippen molar-refractivity contribution in [2.75, 3.05) is 11.9 Å². The van der Waals surface area contributed by atoms with Crippen molar-refractivity contribution in [3.8, 4) is 0 Å². The van der Waals surface area contributed by atoms with E-state index in [0.29, 0.717) is 23.1 Å². The molecule has 6 heteroatoms. The van der Waals surface area contributed by atoms with E-state index in [1.807, 2.05) is 0 Å². The summed E-state index contributed by atoms with van der Waals surface area (Å²) in [5.41, 5.74) is 1.09. The van der Waals surface area contributed by atoms with Crippen molar-refractivity contribution >= 4 is 29.2 Å². The predicted molar refractivity (Wildman–Crippen MR) is 96.5 cm³/mol. The van der Waals surface area contributed by atoms with E-state index in [4.69, 9.17) is 0 Å². The molecule has 27 heavy (non-hydrogen) atoms. The average molecular weight is 364 g/mol. The number of anilines is 1. The fourth-order valence-corrected chi connectivity index (χ4v) is 5.31. The summed E-state index contributed by atoms with van der Waals surface area (Å²) in [4.78, 5) is 50.6.